The number of nitrogen functional groups attached to an aromatic ring is 1. The van der Waals surface area contributed by atoms with E-state index in [4.69, 9.17) is 10.8 Å². The molecule has 0 aliphatic carbocycles. The minimum Gasteiger partial charge on any atom is -0.480 e. The quantitative estimate of drug-likeness (QED) is 0.412. The molecule has 1 atom stereocenters. The first kappa shape index (κ1) is 16.4. The fourth-order valence-electron chi connectivity index (χ4n) is 1.78. The van der Waals surface area contributed by atoms with Crippen molar-refractivity contribution in [1.29, 1.82) is 0 Å². The predicted molar refractivity (Wildman–Crippen MR) is 75.9 cm³/mol. The number of hydrogen-bond acceptors (Lipinski definition) is 5. The molecular weight excluding hydrogens is 278 g/mol. The number of carbonyl (C=O) groups excluding carboxylic acids is 1. The molecule has 0 aliphatic heterocycles. The Kier molecular flexibility index (Phi) is 5.23. The van der Waals surface area contributed by atoms with Gasteiger partial charge in [0.1, 0.15) is 6.04 Å². The highest BCUT2D eigenvalue weighted by Gasteiger charge is 2.23. The van der Waals surface area contributed by atoms with Gasteiger partial charge >= 0.3 is 5.97 Å². The summed E-state index contributed by atoms with van der Waals surface area (Å²) in [6.07, 6.45) is 0.246. The summed E-state index contributed by atoms with van der Waals surface area (Å²) >= 11 is 0. The summed E-state index contributed by atoms with van der Waals surface area (Å²) in [5.74, 6) is -1.85. The number of hydrogen-bond donors (Lipinski definition) is 3. The molecule has 4 N–H and O–H groups in total. The Morgan fingerprint density at radius 3 is 2.52 bits per heavy atom. The number of amides is 1. The van der Waals surface area contributed by atoms with E-state index in [1.807, 2.05) is 13.8 Å². The van der Waals surface area contributed by atoms with Gasteiger partial charge in [0.15, 0.2) is 0 Å². The van der Waals surface area contributed by atoms with Gasteiger partial charge in [-0.15, -0.1) is 0 Å². The van der Waals surface area contributed by atoms with Crippen LogP contribution in [0.5, 0.6) is 0 Å². The molecule has 0 spiro atoms. The van der Waals surface area contributed by atoms with Gasteiger partial charge in [0, 0.05) is 17.8 Å². The summed E-state index contributed by atoms with van der Waals surface area (Å²) in [6, 6.07) is 2.37. The van der Waals surface area contributed by atoms with Crippen LogP contribution in [-0.4, -0.2) is 27.9 Å². The number of nitro groups is 1. The van der Waals surface area contributed by atoms with Crippen molar-refractivity contribution in [2.75, 3.05) is 5.73 Å². The van der Waals surface area contributed by atoms with Crippen LogP contribution in [0, 0.1) is 16.0 Å². The average molecular weight is 295 g/mol. The number of carboxylic acid groups (broad SMARTS) is 1. The van der Waals surface area contributed by atoms with Crippen LogP contribution < -0.4 is 11.1 Å². The third kappa shape index (κ3) is 4.44. The number of nitrogens with zero attached hydrogens (tertiary/aromatic N) is 1. The zero-order valence-corrected chi connectivity index (χ0v) is 11.7. The standard InChI is InChI=1S/C13H17N3O5/c1-7(2)5-11(13(18)19)15-12(17)9-6-8(16(20)21)3-4-10(9)14/h3-4,6-7,11H,5,14H2,1-2H3,(H,15,17)(H,18,19). The molecule has 1 unspecified atom stereocenters. The highest BCUT2D eigenvalue weighted by atomic mass is 16.6. The topological polar surface area (TPSA) is 136 Å². The Labute approximate surface area is 121 Å². The van der Waals surface area contributed by atoms with Crippen molar-refractivity contribution in [3.8, 4) is 0 Å². The Bertz CT molecular complexity index is 571. The maximum Gasteiger partial charge on any atom is 0.326 e. The molecule has 0 saturated carbocycles. The zero-order chi connectivity index (χ0) is 16.2. The van der Waals surface area contributed by atoms with E-state index in [1.54, 1.807) is 0 Å². The van der Waals surface area contributed by atoms with Crippen LogP contribution in [-0.2, 0) is 4.79 Å². The number of nitrogens with two attached hydrogens (primary N) is 1. The summed E-state index contributed by atoms with van der Waals surface area (Å²) in [5.41, 5.74) is 5.26. The Morgan fingerprint density at radius 1 is 1.43 bits per heavy atom. The van der Waals surface area contributed by atoms with Crippen molar-refractivity contribution in [1.82, 2.24) is 5.32 Å². The molecule has 1 amide bonds. The Hall–Kier alpha value is -2.64. The third-order valence-corrected chi connectivity index (χ3v) is 2.80. The van der Waals surface area contributed by atoms with Gasteiger partial charge in [-0.3, -0.25) is 14.9 Å². The van der Waals surface area contributed by atoms with Crippen molar-refractivity contribution in [3.05, 3.63) is 33.9 Å². The average Bonchev–Trinajstić information content (AvgIpc) is 2.37. The molecule has 8 heteroatoms. The third-order valence-electron chi connectivity index (χ3n) is 2.80. The van der Waals surface area contributed by atoms with Gasteiger partial charge in [0.05, 0.1) is 10.5 Å². The van der Waals surface area contributed by atoms with Gasteiger partial charge < -0.3 is 16.2 Å². The summed E-state index contributed by atoms with van der Waals surface area (Å²) in [5, 5.41) is 22.1. The highest BCUT2D eigenvalue weighted by molar-refractivity contribution is 6.01. The van der Waals surface area contributed by atoms with Gasteiger partial charge in [-0.1, -0.05) is 13.8 Å². The predicted octanol–water partition coefficient (Wildman–Crippen LogP) is 1.41. The van der Waals surface area contributed by atoms with Crippen molar-refractivity contribution in [2.24, 2.45) is 5.92 Å². The van der Waals surface area contributed by atoms with Crippen LogP contribution in [0.15, 0.2) is 18.2 Å². The van der Waals surface area contributed by atoms with Crippen LogP contribution in [0.2, 0.25) is 0 Å². The monoisotopic (exact) mass is 295 g/mol. The maximum absolute atomic E-state index is 12.1. The van der Waals surface area contributed by atoms with Crippen molar-refractivity contribution in [2.45, 2.75) is 26.3 Å². The molecule has 0 heterocycles. The number of benzene rings is 1. The number of nitrogens with one attached hydrogen (secondary N) is 1. The Balaban J connectivity index is 2.99. The minimum absolute atomic E-state index is 0.0479. The van der Waals surface area contributed by atoms with Gasteiger partial charge in [0.25, 0.3) is 11.6 Å². The number of carboxylic acids is 1. The first-order valence-corrected chi connectivity index (χ1v) is 6.30. The molecule has 114 valence electrons. The van der Waals surface area contributed by atoms with Crippen molar-refractivity contribution >= 4 is 23.3 Å². The molecule has 21 heavy (non-hydrogen) atoms. The van der Waals surface area contributed by atoms with E-state index >= 15 is 0 Å². The minimum atomic E-state index is -1.17. The second kappa shape index (κ2) is 6.69. The van der Waals surface area contributed by atoms with E-state index in [-0.39, 0.29) is 29.3 Å². The lowest BCUT2D eigenvalue weighted by atomic mass is 10.0. The second-order valence-corrected chi connectivity index (χ2v) is 5.02. The molecule has 8 nitrogen and oxygen atoms in total. The summed E-state index contributed by atoms with van der Waals surface area (Å²) in [4.78, 5) is 33.2. The SMILES string of the molecule is CC(C)CC(NC(=O)c1cc([N+](=O)[O-])ccc1N)C(=O)O. The van der Waals surface area contributed by atoms with Gasteiger partial charge in [-0.25, -0.2) is 4.79 Å². The molecule has 1 rings (SSSR count). The Morgan fingerprint density at radius 2 is 2.05 bits per heavy atom. The van der Waals surface area contributed by atoms with Crippen LogP contribution >= 0.6 is 0 Å². The lowest BCUT2D eigenvalue weighted by Crippen LogP contribution is -2.41. The van der Waals surface area contributed by atoms with Crippen LogP contribution in [0.3, 0.4) is 0 Å². The van der Waals surface area contributed by atoms with E-state index in [1.165, 1.54) is 12.1 Å². The molecule has 0 bridgehead atoms. The van der Waals surface area contributed by atoms with Gasteiger partial charge in [0.2, 0.25) is 0 Å². The zero-order valence-electron chi connectivity index (χ0n) is 11.7. The van der Waals surface area contributed by atoms with E-state index in [9.17, 15) is 19.7 Å². The second-order valence-electron chi connectivity index (χ2n) is 5.02. The molecule has 0 radical (unpaired) electrons. The fourth-order valence-corrected chi connectivity index (χ4v) is 1.78. The normalized spacial score (nSPS) is 12.0. The number of rotatable bonds is 6. The molecule has 1 aromatic rings. The number of nitro benzene ring substituents is 1. The largest absolute Gasteiger partial charge is 0.480 e. The number of aliphatic carboxylic acids is 1. The number of non-ortho nitro benzene ring substituents is 1. The first-order chi connectivity index (χ1) is 9.72. The lowest BCUT2D eigenvalue weighted by Gasteiger charge is -2.17. The maximum atomic E-state index is 12.1. The number of carbonyl (C=O) groups is 2. The van der Waals surface area contributed by atoms with E-state index in [2.05, 4.69) is 5.32 Å². The van der Waals surface area contributed by atoms with Crippen LogP contribution in [0.25, 0.3) is 0 Å². The lowest BCUT2D eigenvalue weighted by molar-refractivity contribution is -0.384. The van der Waals surface area contributed by atoms with E-state index in [0.29, 0.717) is 0 Å². The first-order valence-electron chi connectivity index (χ1n) is 6.30. The van der Waals surface area contributed by atoms with Gasteiger partial charge in [-0.2, -0.15) is 0 Å². The molecule has 0 saturated heterocycles. The van der Waals surface area contributed by atoms with E-state index < -0.39 is 22.8 Å². The smallest absolute Gasteiger partial charge is 0.326 e. The van der Waals surface area contributed by atoms with Crippen LogP contribution in [0.1, 0.15) is 30.6 Å². The van der Waals surface area contributed by atoms with Gasteiger partial charge in [-0.05, 0) is 18.4 Å². The highest BCUT2D eigenvalue weighted by Crippen LogP contribution is 2.20. The molecular formula is C13H17N3O5. The number of anilines is 1. The fraction of sp³-hybridized carbons (Fsp3) is 0.385. The van der Waals surface area contributed by atoms with Crippen molar-refractivity contribution in [3.63, 3.8) is 0 Å². The molecule has 1 aromatic carbocycles. The van der Waals surface area contributed by atoms with Crippen LogP contribution in [0.4, 0.5) is 11.4 Å². The molecule has 0 aromatic heterocycles. The molecule has 0 fully saturated rings. The summed E-state index contributed by atoms with van der Waals surface area (Å²) < 4.78 is 0. The summed E-state index contributed by atoms with van der Waals surface area (Å²) in [6.45, 7) is 3.65. The van der Waals surface area contributed by atoms with Crippen molar-refractivity contribution < 1.29 is 19.6 Å². The van der Waals surface area contributed by atoms with E-state index in [0.717, 1.165) is 6.07 Å². The molecule has 0 aliphatic rings. The summed E-state index contributed by atoms with van der Waals surface area (Å²) in [7, 11) is 0.